The maximum absolute atomic E-state index is 11.9. The molecule has 1 amide bonds. The van der Waals surface area contributed by atoms with Crippen LogP contribution >= 0.6 is 46.1 Å². The normalized spacial score (nSPS) is 27.0. The minimum atomic E-state index is 0.0767. The van der Waals surface area contributed by atoms with Gasteiger partial charge in [-0.25, -0.2) is 0 Å². The highest BCUT2D eigenvalue weighted by Gasteiger charge is 2.36. The van der Waals surface area contributed by atoms with Crippen LogP contribution in [0.1, 0.15) is 19.4 Å². The van der Waals surface area contributed by atoms with Crippen molar-refractivity contribution in [1.82, 2.24) is 5.32 Å². The molecule has 2 rings (SSSR count). The second-order valence-electron chi connectivity index (χ2n) is 4.67. The third kappa shape index (κ3) is 3.82. The molecule has 0 aromatic heterocycles. The van der Waals surface area contributed by atoms with Gasteiger partial charge in [0.2, 0.25) is 5.91 Å². The van der Waals surface area contributed by atoms with E-state index in [1.54, 1.807) is 0 Å². The zero-order valence-corrected chi connectivity index (χ0v) is 14.9. The van der Waals surface area contributed by atoms with Gasteiger partial charge >= 0.3 is 0 Å². The molecular weight excluding hydrogens is 389 g/mol. The van der Waals surface area contributed by atoms with E-state index in [2.05, 4.69) is 59.1 Å². The summed E-state index contributed by atoms with van der Waals surface area (Å²) in [5.74, 6) is 2.15. The van der Waals surface area contributed by atoms with Crippen LogP contribution in [0.4, 0.5) is 0 Å². The van der Waals surface area contributed by atoms with Crippen LogP contribution in [0.2, 0.25) is 0 Å². The first-order valence-corrected chi connectivity index (χ1v) is 9.42. The smallest absolute Gasteiger partial charge is 0.224 e. The zero-order chi connectivity index (χ0) is 13.9. The first-order valence-electron chi connectivity index (χ1n) is 6.37. The molecule has 19 heavy (non-hydrogen) atoms. The number of benzene rings is 1. The van der Waals surface area contributed by atoms with Gasteiger partial charge in [0, 0.05) is 21.6 Å². The van der Waals surface area contributed by atoms with E-state index in [4.69, 9.17) is 0 Å². The minimum Gasteiger partial charge on any atom is -0.356 e. The Morgan fingerprint density at radius 1 is 1.37 bits per heavy atom. The number of carbonyl (C=O) groups is 1. The van der Waals surface area contributed by atoms with E-state index in [9.17, 15) is 4.79 Å². The molecule has 0 bridgehead atoms. The summed E-state index contributed by atoms with van der Waals surface area (Å²) < 4.78 is 1.34. The molecule has 1 fully saturated rings. The lowest BCUT2D eigenvalue weighted by molar-refractivity contribution is -0.123. The van der Waals surface area contributed by atoms with Crippen LogP contribution in [-0.2, 0) is 8.87 Å². The van der Waals surface area contributed by atoms with E-state index in [-0.39, 0.29) is 15.9 Å². The average molecular weight is 407 g/mol. The maximum atomic E-state index is 11.9. The maximum Gasteiger partial charge on any atom is 0.224 e. The van der Waals surface area contributed by atoms with E-state index in [1.165, 1.54) is 9.13 Å². The summed E-state index contributed by atoms with van der Waals surface area (Å²) in [7, 11) is 0. The van der Waals surface area contributed by atoms with Crippen LogP contribution < -0.4 is 5.32 Å². The van der Waals surface area contributed by atoms with Crippen LogP contribution in [0.3, 0.4) is 0 Å². The molecule has 1 N–H and O–H groups in total. The number of hydrogen-bond donors (Lipinski definition) is 1. The van der Waals surface area contributed by atoms with Gasteiger partial charge in [-0.1, -0.05) is 12.1 Å². The van der Waals surface area contributed by atoms with Crippen molar-refractivity contribution < 1.29 is 4.79 Å². The zero-order valence-electron chi connectivity index (χ0n) is 11.1. The summed E-state index contributed by atoms with van der Waals surface area (Å²) in [4.78, 5) is 11.9. The van der Waals surface area contributed by atoms with Crippen molar-refractivity contribution in [2.75, 3.05) is 18.1 Å². The highest BCUT2D eigenvalue weighted by atomic mass is 127. The summed E-state index contributed by atoms with van der Waals surface area (Å²) in [5, 5.41) is 2.92. The Morgan fingerprint density at radius 2 is 1.95 bits per heavy atom. The summed E-state index contributed by atoms with van der Waals surface area (Å²) in [6.45, 7) is 4.95. The molecule has 0 radical (unpaired) electrons. The van der Waals surface area contributed by atoms with E-state index in [0.717, 1.165) is 18.1 Å². The monoisotopic (exact) mass is 407 g/mol. The number of halogens is 1. The van der Waals surface area contributed by atoms with Gasteiger partial charge in [0.05, 0.1) is 10.00 Å². The molecule has 0 aliphatic carbocycles. The largest absolute Gasteiger partial charge is 0.356 e. The van der Waals surface area contributed by atoms with Gasteiger partial charge in [-0.2, -0.15) is 0 Å². The Kier molecular flexibility index (Phi) is 5.48. The van der Waals surface area contributed by atoms with Crippen LogP contribution in [0.25, 0.3) is 0 Å². The van der Waals surface area contributed by atoms with E-state index >= 15 is 0 Å². The van der Waals surface area contributed by atoms with Gasteiger partial charge in [0.15, 0.2) is 0 Å². The number of amides is 1. The first-order chi connectivity index (χ1) is 9.05. The van der Waals surface area contributed by atoms with Crippen molar-refractivity contribution in [3.05, 3.63) is 33.4 Å². The van der Waals surface area contributed by atoms with E-state index < -0.39 is 0 Å². The van der Waals surface area contributed by atoms with Gasteiger partial charge < -0.3 is 5.32 Å². The summed E-state index contributed by atoms with van der Waals surface area (Å²) in [5.41, 5.74) is 1.34. The molecule has 1 aliphatic heterocycles. The Bertz CT molecular complexity index is 441. The van der Waals surface area contributed by atoms with E-state index in [1.807, 2.05) is 30.4 Å². The van der Waals surface area contributed by atoms with Gasteiger partial charge in [0.25, 0.3) is 0 Å². The van der Waals surface area contributed by atoms with Crippen LogP contribution in [0.5, 0.6) is 0 Å². The Morgan fingerprint density at radius 3 is 2.47 bits per heavy atom. The topological polar surface area (TPSA) is 29.1 Å². The fraction of sp³-hybridized carbons (Fsp3) is 0.500. The highest BCUT2D eigenvalue weighted by Crippen LogP contribution is 2.51. The third-order valence-corrected chi connectivity index (χ3v) is 7.35. The molecule has 1 aromatic rings. The molecule has 5 heteroatoms. The molecule has 1 aromatic carbocycles. The fourth-order valence-electron chi connectivity index (χ4n) is 2.00. The minimum absolute atomic E-state index is 0.0767. The van der Waals surface area contributed by atoms with Gasteiger partial charge in [-0.05, 0) is 54.1 Å². The molecule has 0 spiro atoms. The standard InChI is InChI=1S/C14H18INOS2/c1-3-16-13(17)10-8-18-14(2,19-9-10)11-4-6-12(15)7-5-11/h4-7,10H,3,8-9H2,1-2H3,(H,16,17). The summed E-state index contributed by atoms with van der Waals surface area (Å²) in [6, 6.07) is 8.71. The molecule has 104 valence electrons. The molecule has 0 unspecified atom stereocenters. The average Bonchev–Trinajstić information content (AvgIpc) is 2.40. The quantitative estimate of drug-likeness (QED) is 0.775. The molecule has 2 nitrogen and oxygen atoms in total. The number of nitrogens with one attached hydrogen (secondary N) is 1. The highest BCUT2D eigenvalue weighted by molar-refractivity contribution is 14.1. The number of hydrogen-bond acceptors (Lipinski definition) is 3. The first kappa shape index (κ1) is 15.5. The van der Waals surface area contributed by atoms with Crippen molar-refractivity contribution in [2.45, 2.75) is 17.9 Å². The number of carbonyl (C=O) groups excluding carboxylic acids is 1. The SMILES string of the molecule is CCNC(=O)C1CSC(C)(c2ccc(I)cc2)SC1. The predicted molar refractivity (Wildman–Crippen MR) is 93.6 cm³/mol. The Hall–Kier alpha value is 0.120. The lowest BCUT2D eigenvalue weighted by Crippen LogP contribution is -2.37. The molecule has 1 aliphatic rings. The molecule has 1 heterocycles. The fourth-order valence-corrected chi connectivity index (χ4v) is 5.43. The van der Waals surface area contributed by atoms with E-state index in [0.29, 0.717) is 0 Å². The van der Waals surface area contributed by atoms with Crippen LogP contribution in [0, 0.1) is 9.49 Å². The van der Waals surface area contributed by atoms with Crippen molar-refractivity contribution in [3.63, 3.8) is 0 Å². The van der Waals surface area contributed by atoms with Crippen molar-refractivity contribution in [2.24, 2.45) is 5.92 Å². The Balaban J connectivity index is 2.01. The molecular formula is C14H18INOS2. The molecule has 0 atom stereocenters. The second kappa shape index (κ2) is 6.72. The third-order valence-electron chi connectivity index (χ3n) is 3.21. The van der Waals surface area contributed by atoms with Crippen molar-refractivity contribution in [1.29, 1.82) is 0 Å². The second-order valence-corrected chi connectivity index (χ2v) is 9.05. The van der Waals surface area contributed by atoms with Gasteiger partial charge in [-0.15, -0.1) is 23.5 Å². The number of rotatable bonds is 3. The summed E-state index contributed by atoms with van der Waals surface area (Å²) >= 11 is 6.10. The lowest BCUT2D eigenvalue weighted by atomic mass is 10.1. The van der Waals surface area contributed by atoms with Gasteiger partial charge in [-0.3, -0.25) is 4.79 Å². The van der Waals surface area contributed by atoms with Crippen LogP contribution in [-0.4, -0.2) is 24.0 Å². The summed E-state index contributed by atoms with van der Waals surface area (Å²) in [6.07, 6.45) is 0. The van der Waals surface area contributed by atoms with Crippen LogP contribution in [0.15, 0.2) is 24.3 Å². The molecule has 0 saturated carbocycles. The molecule has 1 saturated heterocycles. The van der Waals surface area contributed by atoms with Crippen molar-refractivity contribution >= 4 is 52.0 Å². The van der Waals surface area contributed by atoms with Gasteiger partial charge in [0.1, 0.15) is 0 Å². The van der Waals surface area contributed by atoms with Crippen molar-refractivity contribution in [3.8, 4) is 0 Å². The predicted octanol–water partition coefficient (Wildman–Crippen LogP) is 3.70. The number of thioether (sulfide) groups is 2. The Labute approximate surface area is 137 Å². The lowest BCUT2D eigenvalue weighted by Gasteiger charge is -2.36.